The summed E-state index contributed by atoms with van der Waals surface area (Å²) < 4.78 is 0. The van der Waals surface area contributed by atoms with Crippen molar-refractivity contribution in [2.45, 2.75) is 4.90 Å². The van der Waals surface area contributed by atoms with Gasteiger partial charge in [-0.1, -0.05) is 40.6 Å². The molecule has 3 heterocycles. The first-order valence-corrected chi connectivity index (χ1v) is 9.78. The number of rotatable bonds is 2. The van der Waals surface area contributed by atoms with Gasteiger partial charge in [0.05, 0.1) is 20.6 Å². The molecule has 0 aliphatic carbocycles. The van der Waals surface area contributed by atoms with Gasteiger partial charge in [-0.15, -0.1) is 12.6 Å². The minimum Gasteiger partial charge on any atom is -0.375 e. The van der Waals surface area contributed by atoms with Crippen LogP contribution < -0.4 is 5.73 Å². The fraction of sp³-hybridized carbons (Fsp3) is 0. The number of benzene rings is 1. The number of pyridine rings is 2. The molecule has 3 aromatic heterocycles. The zero-order chi connectivity index (χ0) is 19.2. The van der Waals surface area contributed by atoms with Gasteiger partial charge in [-0.25, -0.2) is 4.98 Å². The van der Waals surface area contributed by atoms with Gasteiger partial charge in [-0.3, -0.25) is 9.97 Å². The number of nitrogens with two attached hydrogens (primary N) is 1. The van der Waals surface area contributed by atoms with Crippen LogP contribution in [0.2, 0.25) is 10.0 Å². The molecule has 0 unspecified atom stereocenters. The van der Waals surface area contributed by atoms with E-state index in [1.165, 1.54) is 11.3 Å². The van der Waals surface area contributed by atoms with Crippen molar-refractivity contribution in [1.29, 1.82) is 0 Å². The highest BCUT2D eigenvalue weighted by molar-refractivity contribution is 7.80. The van der Waals surface area contributed by atoms with Gasteiger partial charge in [0.25, 0.3) is 0 Å². The van der Waals surface area contributed by atoms with E-state index in [-0.39, 0.29) is 0 Å². The molecule has 1 aromatic carbocycles. The highest BCUT2D eigenvalue weighted by atomic mass is 35.5. The van der Waals surface area contributed by atoms with Gasteiger partial charge in [-0.2, -0.15) is 0 Å². The number of thiol groups is 1. The Kier molecular flexibility index (Phi) is 6.68. The van der Waals surface area contributed by atoms with Gasteiger partial charge in [0.1, 0.15) is 5.69 Å². The largest absolute Gasteiger partial charge is 0.375 e. The molecule has 8 heteroatoms. The number of thiazole rings is 1. The summed E-state index contributed by atoms with van der Waals surface area (Å²) in [5.41, 5.74) is 8.53. The SMILES string of the molecule is Nc1nc(-c2ccccn2)c(-c2ccncc2)s1.Sc1ccc(Cl)c(Cl)c1. The molecule has 0 bridgehead atoms. The summed E-state index contributed by atoms with van der Waals surface area (Å²) in [6, 6.07) is 14.8. The molecule has 0 atom stereocenters. The molecule has 0 saturated heterocycles. The van der Waals surface area contributed by atoms with Crippen molar-refractivity contribution >= 4 is 52.3 Å². The summed E-state index contributed by atoms with van der Waals surface area (Å²) in [6.07, 6.45) is 5.27. The Balaban J connectivity index is 0.000000197. The minimum absolute atomic E-state index is 0.544. The Labute approximate surface area is 176 Å². The maximum absolute atomic E-state index is 5.82. The van der Waals surface area contributed by atoms with E-state index in [0.29, 0.717) is 15.2 Å². The van der Waals surface area contributed by atoms with Crippen molar-refractivity contribution < 1.29 is 0 Å². The second-order valence-electron chi connectivity index (χ2n) is 5.28. The minimum atomic E-state index is 0.544. The fourth-order valence-corrected chi connectivity index (χ4v) is 3.62. The molecule has 136 valence electrons. The molecule has 27 heavy (non-hydrogen) atoms. The first-order valence-electron chi connectivity index (χ1n) is 7.76. The fourth-order valence-electron chi connectivity index (χ4n) is 2.20. The molecule has 0 aliphatic rings. The molecule has 0 radical (unpaired) electrons. The number of hydrogen-bond donors (Lipinski definition) is 2. The lowest BCUT2D eigenvalue weighted by Crippen LogP contribution is -1.86. The molecule has 0 amide bonds. The maximum Gasteiger partial charge on any atom is 0.181 e. The van der Waals surface area contributed by atoms with Gasteiger partial charge in [0, 0.05) is 23.5 Å². The van der Waals surface area contributed by atoms with E-state index in [9.17, 15) is 0 Å². The van der Waals surface area contributed by atoms with E-state index in [1.807, 2.05) is 30.3 Å². The van der Waals surface area contributed by atoms with Crippen LogP contribution in [-0.2, 0) is 0 Å². The third kappa shape index (κ3) is 5.20. The summed E-state index contributed by atoms with van der Waals surface area (Å²) >= 11 is 16.8. The van der Waals surface area contributed by atoms with Crippen molar-refractivity contribution in [2.24, 2.45) is 0 Å². The van der Waals surface area contributed by atoms with E-state index < -0.39 is 0 Å². The first-order chi connectivity index (χ1) is 13.0. The molecular formula is C19H14Cl2N4S2. The molecule has 0 saturated carbocycles. The van der Waals surface area contributed by atoms with E-state index in [4.69, 9.17) is 28.9 Å². The number of nitrogens with zero attached hydrogens (tertiary/aromatic N) is 3. The number of aromatic nitrogens is 3. The van der Waals surface area contributed by atoms with Gasteiger partial charge in [0.15, 0.2) is 5.13 Å². The van der Waals surface area contributed by atoms with Crippen LogP contribution in [0.15, 0.2) is 72.0 Å². The predicted octanol–water partition coefficient (Wildman–Crippen LogP) is 6.13. The van der Waals surface area contributed by atoms with Crippen LogP contribution in [0.25, 0.3) is 21.8 Å². The van der Waals surface area contributed by atoms with E-state index in [1.54, 1.807) is 36.8 Å². The zero-order valence-electron chi connectivity index (χ0n) is 13.9. The lowest BCUT2D eigenvalue weighted by atomic mass is 10.1. The average Bonchev–Trinajstić information content (AvgIpc) is 3.09. The molecule has 0 fully saturated rings. The van der Waals surface area contributed by atoms with Crippen molar-refractivity contribution in [3.05, 3.63) is 77.2 Å². The summed E-state index contributed by atoms with van der Waals surface area (Å²) in [5.74, 6) is 0. The van der Waals surface area contributed by atoms with E-state index >= 15 is 0 Å². The van der Waals surface area contributed by atoms with Crippen LogP contribution in [0.1, 0.15) is 0 Å². The molecule has 2 N–H and O–H groups in total. The zero-order valence-corrected chi connectivity index (χ0v) is 17.1. The number of hydrogen-bond acceptors (Lipinski definition) is 6. The second-order valence-corrected chi connectivity index (χ2v) is 7.64. The summed E-state index contributed by atoms with van der Waals surface area (Å²) in [4.78, 5) is 14.6. The molecular weight excluding hydrogens is 419 g/mol. The smallest absolute Gasteiger partial charge is 0.181 e. The molecule has 4 aromatic rings. The predicted molar refractivity (Wildman–Crippen MR) is 117 cm³/mol. The topological polar surface area (TPSA) is 64.7 Å². The van der Waals surface area contributed by atoms with Crippen molar-refractivity contribution in [2.75, 3.05) is 5.73 Å². The Morgan fingerprint density at radius 3 is 2.33 bits per heavy atom. The lowest BCUT2D eigenvalue weighted by Gasteiger charge is -2.00. The van der Waals surface area contributed by atoms with Crippen LogP contribution >= 0.6 is 47.2 Å². The van der Waals surface area contributed by atoms with Crippen LogP contribution in [0.3, 0.4) is 0 Å². The Morgan fingerprint density at radius 1 is 0.926 bits per heavy atom. The van der Waals surface area contributed by atoms with Crippen molar-refractivity contribution in [1.82, 2.24) is 15.0 Å². The average molecular weight is 433 g/mol. The van der Waals surface area contributed by atoms with Gasteiger partial charge in [-0.05, 0) is 48.0 Å². The van der Waals surface area contributed by atoms with Gasteiger partial charge in [0.2, 0.25) is 0 Å². The third-order valence-corrected chi connectivity index (χ3v) is 5.35. The summed E-state index contributed by atoms with van der Waals surface area (Å²) in [6.45, 7) is 0. The number of anilines is 1. The molecule has 0 aliphatic heterocycles. The highest BCUT2D eigenvalue weighted by Gasteiger charge is 2.14. The van der Waals surface area contributed by atoms with Crippen LogP contribution in [-0.4, -0.2) is 15.0 Å². The number of nitrogen functional groups attached to an aromatic ring is 1. The van der Waals surface area contributed by atoms with Gasteiger partial charge >= 0.3 is 0 Å². The summed E-state index contributed by atoms with van der Waals surface area (Å²) in [7, 11) is 0. The lowest BCUT2D eigenvalue weighted by molar-refractivity contribution is 1.28. The second kappa shape index (κ2) is 9.19. The molecule has 4 rings (SSSR count). The molecule has 4 nitrogen and oxygen atoms in total. The quantitative estimate of drug-likeness (QED) is 0.373. The Morgan fingerprint density at radius 2 is 1.70 bits per heavy atom. The summed E-state index contributed by atoms with van der Waals surface area (Å²) in [5, 5.41) is 1.65. The standard InChI is InChI=1S/C13H10N4S.C6H4Cl2S/c14-13-17-11(10-3-1-2-6-16-10)12(18-13)9-4-7-15-8-5-9;7-5-2-1-4(9)3-6(5)8/h1-8H,(H2,14,17);1-3,9H. The highest BCUT2D eigenvalue weighted by Crippen LogP contribution is 2.36. The maximum atomic E-state index is 5.82. The Hall–Kier alpha value is -2.12. The van der Waals surface area contributed by atoms with E-state index in [0.717, 1.165) is 26.7 Å². The van der Waals surface area contributed by atoms with Crippen LogP contribution in [0, 0.1) is 0 Å². The van der Waals surface area contributed by atoms with Crippen LogP contribution in [0.5, 0.6) is 0 Å². The first kappa shape index (κ1) is 19.6. The Bertz CT molecular complexity index is 968. The molecule has 0 spiro atoms. The normalized spacial score (nSPS) is 10.2. The van der Waals surface area contributed by atoms with Crippen molar-refractivity contribution in [3.63, 3.8) is 0 Å². The monoisotopic (exact) mass is 432 g/mol. The number of halogens is 2. The van der Waals surface area contributed by atoms with E-state index in [2.05, 4.69) is 27.6 Å². The van der Waals surface area contributed by atoms with Crippen LogP contribution in [0.4, 0.5) is 5.13 Å². The van der Waals surface area contributed by atoms with Gasteiger partial charge < -0.3 is 5.73 Å². The third-order valence-electron chi connectivity index (χ3n) is 3.40. The van der Waals surface area contributed by atoms with Crippen molar-refractivity contribution in [3.8, 4) is 21.8 Å².